The van der Waals surface area contributed by atoms with E-state index >= 15 is 0 Å². The van der Waals surface area contributed by atoms with Gasteiger partial charge in [-0.3, -0.25) is 0 Å². The van der Waals surface area contributed by atoms with Gasteiger partial charge in [-0.25, -0.2) is 9.97 Å². The van der Waals surface area contributed by atoms with Crippen molar-refractivity contribution < 1.29 is 6.16 Å². The van der Waals surface area contributed by atoms with Crippen LogP contribution in [-0.2, 0) is 0 Å². The second kappa shape index (κ2) is 14.0. The smallest absolute Gasteiger partial charge is 0.132 e. The molecular formula is C32H48N4O. The lowest BCUT2D eigenvalue weighted by atomic mass is 10.0. The van der Waals surface area contributed by atoms with E-state index in [1.165, 1.54) is 25.7 Å². The first-order valence-electron chi connectivity index (χ1n) is 13.9. The fourth-order valence-electron chi connectivity index (χ4n) is 4.44. The third-order valence-electron chi connectivity index (χ3n) is 7.11. The van der Waals surface area contributed by atoms with Crippen molar-refractivity contribution in [1.82, 2.24) is 9.97 Å². The van der Waals surface area contributed by atoms with Gasteiger partial charge in [0.15, 0.2) is 0 Å². The van der Waals surface area contributed by atoms with Crippen molar-refractivity contribution in [3.8, 4) is 5.75 Å². The van der Waals surface area contributed by atoms with Crippen LogP contribution in [0.15, 0.2) is 62.0 Å². The molecule has 0 saturated heterocycles. The Labute approximate surface area is 226 Å². The number of nitrogens with one attached hydrogen (secondary N) is 1. The first kappa shape index (κ1) is 28.5. The van der Waals surface area contributed by atoms with Crippen LogP contribution in [0.1, 0.15) is 84.8 Å². The molecular weight excluding hydrogens is 456 g/mol. The van der Waals surface area contributed by atoms with Crippen molar-refractivity contribution in [2.24, 2.45) is 5.92 Å². The number of anilines is 2. The molecule has 1 heterocycles. The predicted octanol–water partition coefficient (Wildman–Crippen LogP) is 8.30. The maximum atomic E-state index is 6.16. The zero-order chi connectivity index (χ0) is 26.7. The first-order valence-corrected chi connectivity index (χ1v) is 13.9. The topological polar surface area (TPSA) is 50.3 Å². The van der Waals surface area contributed by atoms with Gasteiger partial charge in [0, 0.05) is 44.5 Å². The van der Waals surface area contributed by atoms with Crippen LogP contribution in [0, 0.1) is 5.92 Å². The molecule has 4 rings (SSSR count). The molecule has 2 aromatic rings. The Bertz CT molecular complexity index is 1050. The molecule has 202 valence electrons. The summed E-state index contributed by atoms with van der Waals surface area (Å²) >= 11 is 0. The minimum Gasteiger partial charge on any atom is -0.488 e. The number of allylic oxidation sites excluding steroid dienone is 2. The normalized spacial score (nSPS) is 16.1. The monoisotopic (exact) mass is 504 g/mol. The molecule has 5 heteroatoms. The summed E-state index contributed by atoms with van der Waals surface area (Å²) < 4.78 is 6.16. The van der Waals surface area contributed by atoms with E-state index in [9.17, 15) is 0 Å². The summed E-state index contributed by atoms with van der Waals surface area (Å²) in [5.74, 6) is 2.75. The van der Waals surface area contributed by atoms with Gasteiger partial charge in [0.2, 0.25) is 0 Å². The number of rotatable bonds is 11. The molecule has 1 aromatic carbocycles. The molecule has 1 aromatic heterocycles. The van der Waals surface area contributed by atoms with Gasteiger partial charge in [-0.15, -0.1) is 6.58 Å². The zero-order valence-corrected chi connectivity index (χ0v) is 23.4. The standard InChI is InChI=1S/C24H32N4O.C8H14.H2/c1-6-8-14-28(13-7-2)23-16-22(26-17-27-23)18(3)20-15-19(9-10-21(20)25-5)29-24(4)11-12-24;1-8-6-4-2-3-5-7-8;/h6,9-10,15-17,25H,1,3,7-8,11-14H2,2,4-5H3;2-3,8H,4-7H2,1H3;1H. The predicted molar refractivity (Wildman–Crippen MR) is 161 cm³/mol. The third kappa shape index (κ3) is 8.77. The molecule has 0 unspecified atom stereocenters. The van der Waals surface area contributed by atoms with Gasteiger partial charge in [-0.2, -0.15) is 0 Å². The van der Waals surface area contributed by atoms with Gasteiger partial charge in [-0.1, -0.05) is 38.7 Å². The van der Waals surface area contributed by atoms with Crippen molar-refractivity contribution in [2.45, 2.75) is 77.7 Å². The molecule has 0 amide bonds. The Morgan fingerprint density at radius 2 is 1.92 bits per heavy atom. The van der Waals surface area contributed by atoms with Crippen LogP contribution in [0.2, 0.25) is 0 Å². The average Bonchev–Trinajstić information content (AvgIpc) is 3.69. The van der Waals surface area contributed by atoms with Crippen molar-refractivity contribution in [3.63, 3.8) is 0 Å². The third-order valence-corrected chi connectivity index (χ3v) is 7.11. The summed E-state index contributed by atoms with van der Waals surface area (Å²) in [6, 6.07) is 8.13. The van der Waals surface area contributed by atoms with Gasteiger partial charge in [-0.05, 0) is 82.4 Å². The highest BCUT2D eigenvalue weighted by atomic mass is 16.5. The van der Waals surface area contributed by atoms with E-state index < -0.39 is 0 Å². The maximum Gasteiger partial charge on any atom is 0.132 e. The molecule has 2 aliphatic rings. The van der Waals surface area contributed by atoms with E-state index in [2.05, 4.69) is 72.3 Å². The van der Waals surface area contributed by atoms with Gasteiger partial charge < -0.3 is 15.0 Å². The highest BCUT2D eigenvalue weighted by Crippen LogP contribution is 2.41. The highest BCUT2D eigenvalue weighted by Gasteiger charge is 2.40. The number of hydrogen-bond acceptors (Lipinski definition) is 5. The van der Waals surface area contributed by atoms with Crippen LogP contribution >= 0.6 is 0 Å². The Morgan fingerprint density at radius 1 is 1.19 bits per heavy atom. The number of nitrogens with zero attached hydrogens (tertiary/aromatic N) is 3. The lowest BCUT2D eigenvalue weighted by Gasteiger charge is -2.23. The molecule has 1 saturated carbocycles. The Kier molecular flexibility index (Phi) is 10.8. The molecule has 0 radical (unpaired) electrons. The van der Waals surface area contributed by atoms with Crippen molar-refractivity contribution in [3.05, 3.63) is 73.2 Å². The Hall–Kier alpha value is -3.08. The first-order chi connectivity index (χ1) is 17.9. The molecule has 2 aliphatic carbocycles. The summed E-state index contributed by atoms with van der Waals surface area (Å²) in [6.07, 6.45) is 17.8. The highest BCUT2D eigenvalue weighted by molar-refractivity contribution is 5.84. The summed E-state index contributed by atoms with van der Waals surface area (Å²) in [4.78, 5) is 11.3. The van der Waals surface area contributed by atoms with E-state index in [1.54, 1.807) is 6.33 Å². The van der Waals surface area contributed by atoms with E-state index in [4.69, 9.17) is 4.74 Å². The summed E-state index contributed by atoms with van der Waals surface area (Å²) in [5.41, 5.74) is 3.64. The van der Waals surface area contributed by atoms with Crippen LogP contribution in [-0.4, -0.2) is 35.7 Å². The lowest BCUT2D eigenvalue weighted by molar-refractivity contribution is 0.200. The van der Waals surface area contributed by atoms with Crippen LogP contribution in [0.25, 0.3) is 5.57 Å². The van der Waals surface area contributed by atoms with Gasteiger partial charge >= 0.3 is 0 Å². The van der Waals surface area contributed by atoms with Crippen LogP contribution < -0.4 is 15.0 Å². The average molecular weight is 505 g/mol. The molecule has 0 bridgehead atoms. The molecule has 0 atom stereocenters. The number of ether oxygens (including phenoxy) is 1. The lowest BCUT2D eigenvalue weighted by Crippen LogP contribution is -2.26. The van der Waals surface area contributed by atoms with Crippen molar-refractivity contribution >= 4 is 17.1 Å². The zero-order valence-electron chi connectivity index (χ0n) is 23.4. The van der Waals surface area contributed by atoms with Gasteiger partial charge in [0.05, 0.1) is 5.69 Å². The molecule has 0 spiro atoms. The van der Waals surface area contributed by atoms with Gasteiger partial charge in [0.1, 0.15) is 23.5 Å². The maximum absolute atomic E-state index is 6.16. The molecule has 5 nitrogen and oxygen atoms in total. The minimum atomic E-state index is -0.0202. The Morgan fingerprint density at radius 3 is 2.54 bits per heavy atom. The van der Waals surface area contributed by atoms with Gasteiger partial charge in [0.25, 0.3) is 0 Å². The number of aromatic nitrogens is 2. The van der Waals surface area contributed by atoms with E-state index in [1.807, 2.05) is 31.3 Å². The molecule has 37 heavy (non-hydrogen) atoms. The number of hydrogen-bond donors (Lipinski definition) is 1. The van der Waals surface area contributed by atoms with Crippen LogP contribution in [0.5, 0.6) is 5.75 Å². The van der Waals surface area contributed by atoms with E-state index in [0.29, 0.717) is 0 Å². The second-order valence-corrected chi connectivity index (χ2v) is 10.5. The fourth-order valence-corrected chi connectivity index (χ4v) is 4.44. The molecule has 1 N–H and O–H groups in total. The largest absolute Gasteiger partial charge is 0.488 e. The minimum absolute atomic E-state index is 0. The van der Waals surface area contributed by atoms with E-state index in [-0.39, 0.29) is 7.03 Å². The second-order valence-electron chi connectivity index (χ2n) is 10.5. The molecule has 1 fully saturated rings. The van der Waals surface area contributed by atoms with Crippen molar-refractivity contribution in [2.75, 3.05) is 30.4 Å². The van der Waals surface area contributed by atoms with Crippen LogP contribution in [0.4, 0.5) is 11.5 Å². The summed E-state index contributed by atoms with van der Waals surface area (Å²) in [5, 5.41) is 3.26. The Balaban J connectivity index is 0.000000482. The summed E-state index contributed by atoms with van der Waals surface area (Å²) in [6.45, 7) is 16.7. The van der Waals surface area contributed by atoms with Crippen LogP contribution in [0.3, 0.4) is 0 Å². The number of benzene rings is 1. The van der Waals surface area contributed by atoms with E-state index in [0.717, 1.165) is 78.8 Å². The fraction of sp³-hybridized carbons (Fsp3) is 0.500. The molecule has 0 aliphatic heterocycles. The quantitative estimate of drug-likeness (QED) is 0.312. The summed E-state index contributed by atoms with van der Waals surface area (Å²) in [7, 11) is 1.92. The SMILES string of the molecule is C=CCCN(CCC)c1cc(C(=C)c2cc(OC3(C)CC3)ccc2NC)ncn1.CC1CCC=CCC1.[HH]. The van der Waals surface area contributed by atoms with Crippen molar-refractivity contribution in [1.29, 1.82) is 0 Å².